The van der Waals surface area contributed by atoms with Crippen LogP contribution < -0.4 is 0 Å². The molecule has 1 aromatic rings. The molecule has 3 rings (SSSR count). The largest absolute Gasteiger partial charge is 0.296 e. The van der Waals surface area contributed by atoms with Crippen LogP contribution in [0.15, 0.2) is 29.2 Å². The molecule has 0 aromatic heterocycles. The Bertz CT molecular complexity index is 633. The molecule has 1 atom stereocenters. The molecule has 1 spiro atoms. The Labute approximate surface area is 123 Å². The summed E-state index contributed by atoms with van der Waals surface area (Å²) in [5.41, 5.74) is -0.0588. The van der Waals surface area contributed by atoms with Gasteiger partial charge in [-0.2, -0.15) is 8.42 Å². The fraction of sp³-hybridized carbons (Fsp3) is 0.600. The maximum absolute atomic E-state index is 13.7. The predicted octanol–water partition coefficient (Wildman–Crippen LogP) is 3.53. The minimum atomic E-state index is -3.86. The molecule has 2 aliphatic rings. The lowest BCUT2D eigenvalue weighted by Crippen LogP contribution is -2.63. The molecule has 6 heteroatoms. The van der Waals surface area contributed by atoms with Gasteiger partial charge in [-0.1, -0.05) is 24.1 Å². The van der Waals surface area contributed by atoms with E-state index in [-0.39, 0.29) is 23.8 Å². The van der Waals surface area contributed by atoms with Gasteiger partial charge in [-0.05, 0) is 31.9 Å². The molecule has 2 aliphatic carbocycles. The van der Waals surface area contributed by atoms with Crippen LogP contribution in [-0.4, -0.2) is 20.9 Å². The van der Waals surface area contributed by atoms with Gasteiger partial charge >= 0.3 is 0 Å². The lowest BCUT2D eigenvalue weighted by Gasteiger charge is -2.60. The maximum atomic E-state index is 13.7. The molecule has 0 amide bonds. The van der Waals surface area contributed by atoms with Gasteiger partial charge in [0.2, 0.25) is 0 Å². The highest BCUT2D eigenvalue weighted by atomic mass is 32.2. The van der Waals surface area contributed by atoms with E-state index in [4.69, 9.17) is 4.18 Å². The molecule has 1 aromatic carbocycles. The van der Waals surface area contributed by atoms with E-state index in [1.165, 1.54) is 12.1 Å². The molecule has 0 radical (unpaired) electrons. The molecule has 3 nitrogen and oxygen atoms in total. The van der Waals surface area contributed by atoms with E-state index >= 15 is 0 Å². The first-order valence-corrected chi connectivity index (χ1v) is 8.52. The fourth-order valence-electron chi connectivity index (χ4n) is 3.37. The summed E-state index contributed by atoms with van der Waals surface area (Å²) in [5.74, 6) is -3.02. The number of hydrogen-bond donors (Lipinski definition) is 0. The lowest BCUT2D eigenvalue weighted by molar-refractivity contribution is -0.282. The summed E-state index contributed by atoms with van der Waals surface area (Å²) in [7, 11) is -3.86. The van der Waals surface area contributed by atoms with Crippen LogP contribution in [0.5, 0.6) is 0 Å². The van der Waals surface area contributed by atoms with Gasteiger partial charge in [0.15, 0.2) is 0 Å². The van der Waals surface area contributed by atoms with Gasteiger partial charge in [-0.15, -0.1) is 0 Å². The van der Waals surface area contributed by atoms with Crippen molar-refractivity contribution in [1.29, 1.82) is 0 Å². The van der Waals surface area contributed by atoms with Gasteiger partial charge in [-0.25, -0.2) is 8.78 Å². The third-order valence-corrected chi connectivity index (χ3v) is 6.29. The summed E-state index contributed by atoms with van der Waals surface area (Å²) in [5, 5.41) is 0. The summed E-state index contributed by atoms with van der Waals surface area (Å²) in [4.78, 5) is 0.0712. The third-order valence-electron chi connectivity index (χ3n) is 4.99. The SMILES string of the molecule is Cc1ccc(S(=O)(=O)OCC2CC(F)(F)C23CCC3)cc1. The topological polar surface area (TPSA) is 43.4 Å². The van der Waals surface area contributed by atoms with Crippen molar-refractivity contribution in [2.75, 3.05) is 6.61 Å². The summed E-state index contributed by atoms with van der Waals surface area (Å²) in [6.07, 6.45) is 1.46. The molecule has 0 bridgehead atoms. The van der Waals surface area contributed by atoms with Gasteiger partial charge in [-0.3, -0.25) is 4.18 Å². The Kier molecular flexibility index (Phi) is 3.37. The van der Waals surface area contributed by atoms with Crippen molar-refractivity contribution in [2.24, 2.45) is 11.3 Å². The number of benzene rings is 1. The van der Waals surface area contributed by atoms with Crippen LogP contribution in [0, 0.1) is 18.3 Å². The average Bonchev–Trinajstić information content (AvgIpc) is 2.33. The van der Waals surface area contributed by atoms with Crippen molar-refractivity contribution in [1.82, 2.24) is 0 Å². The highest BCUT2D eigenvalue weighted by Crippen LogP contribution is 2.68. The van der Waals surface area contributed by atoms with E-state index in [0.717, 1.165) is 12.0 Å². The van der Waals surface area contributed by atoms with Gasteiger partial charge < -0.3 is 0 Å². The Morgan fingerprint density at radius 3 is 2.33 bits per heavy atom. The first kappa shape index (κ1) is 14.9. The van der Waals surface area contributed by atoms with E-state index in [1.54, 1.807) is 12.1 Å². The van der Waals surface area contributed by atoms with Crippen LogP contribution in [0.4, 0.5) is 8.78 Å². The fourth-order valence-corrected chi connectivity index (χ4v) is 4.32. The molecule has 0 aliphatic heterocycles. The standard InChI is InChI=1S/C15H18F2O3S/c1-11-3-5-13(6-4-11)21(18,19)20-10-12-9-15(16,17)14(12)7-2-8-14/h3-6,12H,2,7-10H2,1H3. The molecule has 0 heterocycles. The monoisotopic (exact) mass is 316 g/mol. The van der Waals surface area contributed by atoms with Crippen LogP contribution in [0.2, 0.25) is 0 Å². The van der Waals surface area contributed by atoms with Crippen molar-refractivity contribution >= 4 is 10.1 Å². The van der Waals surface area contributed by atoms with E-state index in [9.17, 15) is 17.2 Å². The van der Waals surface area contributed by atoms with E-state index in [1.807, 2.05) is 6.92 Å². The highest BCUT2D eigenvalue weighted by Gasteiger charge is 2.70. The summed E-state index contributed by atoms with van der Waals surface area (Å²) in [6.45, 7) is 1.71. The van der Waals surface area contributed by atoms with Crippen molar-refractivity contribution in [3.63, 3.8) is 0 Å². The van der Waals surface area contributed by atoms with Crippen LogP contribution in [0.3, 0.4) is 0 Å². The molecule has 0 saturated heterocycles. The number of aryl methyl sites for hydroxylation is 1. The van der Waals surface area contributed by atoms with E-state index < -0.39 is 21.5 Å². The smallest absolute Gasteiger partial charge is 0.266 e. The number of rotatable bonds is 4. The first-order chi connectivity index (χ1) is 9.77. The van der Waals surface area contributed by atoms with Gasteiger partial charge in [0, 0.05) is 17.8 Å². The van der Waals surface area contributed by atoms with Gasteiger partial charge in [0.25, 0.3) is 16.0 Å². The molecular formula is C15H18F2O3S. The van der Waals surface area contributed by atoms with Crippen LogP contribution >= 0.6 is 0 Å². The van der Waals surface area contributed by atoms with Crippen molar-refractivity contribution < 1.29 is 21.4 Å². The number of alkyl halides is 2. The zero-order chi connectivity index (χ0) is 15.3. The molecule has 21 heavy (non-hydrogen) atoms. The summed E-state index contributed by atoms with van der Waals surface area (Å²) in [6, 6.07) is 6.31. The molecule has 2 fully saturated rings. The zero-order valence-corrected chi connectivity index (χ0v) is 12.6. The molecular weight excluding hydrogens is 298 g/mol. The molecule has 2 saturated carbocycles. The molecule has 0 N–H and O–H groups in total. The zero-order valence-electron chi connectivity index (χ0n) is 11.8. The minimum Gasteiger partial charge on any atom is -0.266 e. The van der Waals surface area contributed by atoms with E-state index in [0.29, 0.717) is 12.8 Å². The minimum absolute atomic E-state index is 0.0712. The lowest BCUT2D eigenvalue weighted by atomic mass is 9.47. The van der Waals surface area contributed by atoms with Crippen molar-refractivity contribution in [3.8, 4) is 0 Å². The van der Waals surface area contributed by atoms with Crippen molar-refractivity contribution in [3.05, 3.63) is 29.8 Å². The summed E-state index contributed by atoms with van der Waals surface area (Å²) < 4.78 is 56.5. The Balaban J connectivity index is 1.67. The van der Waals surface area contributed by atoms with Crippen LogP contribution in [0.1, 0.15) is 31.2 Å². The third kappa shape index (κ3) is 2.28. The van der Waals surface area contributed by atoms with Crippen molar-refractivity contribution in [2.45, 2.75) is 43.4 Å². The quantitative estimate of drug-likeness (QED) is 0.798. The number of hydrogen-bond acceptors (Lipinski definition) is 3. The first-order valence-electron chi connectivity index (χ1n) is 7.11. The Morgan fingerprint density at radius 1 is 1.24 bits per heavy atom. The van der Waals surface area contributed by atoms with E-state index in [2.05, 4.69) is 0 Å². The van der Waals surface area contributed by atoms with Crippen LogP contribution in [0.25, 0.3) is 0 Å². The van der Waals surface area contributed by atoms with Gasteiger partial charge in [0.1, 0.15) is 0 Å². The Morgan fingerprint density at radius 2 is 1.86 bits per heavy atom. The Hall–Kier alpha value is -1.01. The second kappa shape index (κ2) is 4.74. The summed E-state index contributed by atoms with van der Waals surface area (Å²) >= 11 is 0. The van der Waals surface area contributed by atoms with Gasteiger partial charge in [0.05, 0.1) is 11.5 Å². The molecule has 116 valence electrons. The molecule has 1 unspecified atom stereocenters. The predicted molar refractivity (Wildman–Crippen MR) is 73.7 cm³/mol. The number of halogens is 2. The second-order valence-corrected chi connectivity index (χ2v) is 7.78. The average molecular weight is 316 g/mol. The highest BCUT2D eigenvalue weighted by molar-refractivity contribution is 7.86. The maximum Gasteiger partial charge on any atom is 0.296 e. The van der Waals surface area contributed by atoms with Crippen LogP contribution in [-0.2, 0) is 14.3 Å². The second-order valence-electron chi connectivity index (χ2n) is 6.17. The normalized spacial score (nSPS) is 26.1.